The Morgan fingerprint density at radius 2 is 1.16 bits per heavy atom. The van der Waals surface area contributed by atoms with Crippen molar-refractivity contribution in [3.63, 3.8) is 0 Å². The Bertz CT molecular complexity index is 1090. The quantitative estimate of drug-likeness (QED) is 0.0206. The summed E-state index contributed by atoms with van der Waals surface area (Å²) in [5.74, 6) is -0.273. The predicted octanol–water partition coefficient (Wildman–Crippen LogP) is 7.77. The Labute approximate surface area is 333 Å². The van der Waals surface area contributed by atoms with E-state index in [0.29, 0.717) is 6.42 Å². The molecule has 0 aromatic carbocycles. The average molecular weight is 806 g/mol. The summed E-state index contributed by atoms with van der Waals surface area (Å²) in [7, 11) is -5.08. The maximum absolute atomic E-state index is 13.0. The molecule has 13 heteroatoms. The SMILES string of the molecule is CCCCCCCC/C=C\CCCCCCCC(=O)N[C@@H](CO[C@@H]1O[C@H](CO)[C@H](O)[C@H](OS(=O)(=O)O)[C@H]1O)[C@H](O)/C=C/CCCCCCCCCCCCC. The first kappa shape index (κ1) is 51.6. The highest BCUT2D eigenvalue weighted by molar-refractivity contribution is 7.80. The zero-order chi connectivity index (χ0) is 40.6. The van der Waals surface area contributed by atoms with Crippen LogP contribution in [0.5, 0.6) is 0 Å². The maximum Gasteiger partial charge on any atom is 0.397 e. The summed E-state index contributed by atoms with van der Waals surface area (Å²) < 4.78 is 47.5. The van der Waals surface area contributed by atoms with Gasteiger partial charge in [-0.05, 0) is 44.9 Å². The molecule has 1 saturated heterocycles. The van der Waals surface area contributed by atoms with Crippen molar-refractivity contribution in [1.29, 1.82) is 0 Å². The van der Waals surface area contributed by atoms with Gasteiger partial charge in [0.25, 0.3) is 0 Å². The fourth-order valence-electron chi connectivity index (χ4n) is 6.80. The van der Waals surface area contributed by atoms with Crippen molar-refractivity contribution < 1.29 is 51.8 Å². The molecule has 6 N–H and O–H groups in total. The number of rotatable bonds is 36. The van der Waals surface area contributed by atoms with Crippen LogP contribution in [0.15, 0.2) is 24.3 Å². The van der Waals surface area contributed by atoms with Gasteiger partial charge in [-0.15, -0.1) is 0 Å². The zero-order valence-corrected chi connectivity index (χ0v) is 35.1. The molecule has 1 amide bonds. The highest BCUT2D eigenvalue weighted by Gasteiger charge is 2.48. The second-order valence-electron chi connectivity index (χ2n) is 15.3. The first-order chi connectivity index (χ1) is 26.5. The molecule has 0 aliphatic carbocycles. The first-order valence-electron chi connectivity index (χ1n) is 21.7. The van der Waals surface area contributed by atoms with Crippen molar-refractivity contribution in [3.8, 4) is 0 Å². The number of amides is 1. The third-order valence-electron chi connectivity index (χ3n) is 10.2. The fraction of sp³-hybridized carbons (Fsp3) is 0.881. The minimum Gasteiger partial charge on any atom is -0.394 e. The Balaban J connectivity index is 2.58. The minimum absolute atomic E-state index is 0.259. The average Bonchev–Trinajstić information content (AvgIpc) is 3.15. The minimum atomic E-state index is -5.08. The van der Waals surface area contributed by atoms with Crippen molar-refractivity contribution in [2.24, 2.45) is 0 Å². The van der Waals surface area contributed by atoms with E-state index < -0.39 is 59.9 Å². The normalized spacial score (nSPS) is 21.8. The van der Waals surface area contributed by atoms with Gasteiger partial charge in [0, 0.05) is 6.42 Å². The van der Waals surface area contributed by atoms with Crippen LogP contribution < -0.4 is 5.32 Å². The lowest BCUT2D eigenvalue weighted by Gasteiger charge is -2.41. The molecule has 0 bridgehead atoms. The zero-order valence-electron chi connectivity index (χ0n) is 34.2. The Morgan fingerprint density at radius 3 is 1.64 bits per heavy atom. The number of carbonyl (C=O) groups excluding carboxylic acids is 1. The van der Waals surface area contributed by atoms with Crippen LogP contribution in [-0.2, 0) is 28.9 Å². The van der Waals surface area contributed by atoms with Gasteiger partial charge in [-0.25, -0.2) is 4.18 Å². The molecule has 1 rings (SSSR count). The van der Waals surface area contributed by atoms with Gasteiger partial charge in [-0.2, -0.15) is 8.42 Å². The van der Waals surface area contributed by atoms with Crippen LogP contribution in [0, 0.1) is 0 Å². The molecule has 0 radical (unpaired) electrons. The molecule has 0 aromatic rings. The second-order valence-corrected chi connectivity index (χ2v) is 16.3. The van der Waals surface area contributed by atoms with Crippen LogP contribution >= 0.6 is 0 Å². The van der Waals surface area contributed by atoms with Gasteiger partial charge in [0.1, 0.15) is 24.4 Å². The smallest absolute Gasteiger partial charge is 0.394 e. The molecule has 1 heterocycles. The topological polar surface area (TPSA) is 192 Å². The van der Waals surface area contributed by atoms with E-state index in [0.717, 1.165) is 57.8 Å². The lowest BCUT2D eigenvalue weighted by atomic mass is 9.99. The monoisotopic (exact) mass is 806 g/mol. The van der Waals surface area contributed by atoms with Gasteiger partial charge >= 0.3 is 10.4 Å². The number of hydrogen-bond donors (Lipinski definition) is 6. The third kappa shape index (κ3) is 27.0. The molecular formula is C42H79NO11S. The van der Waals surface area contributed by atoms with Crippen LogP contribution in [-0.4, -0.2) is 95.4 Å². The van der Waals surface area contributed by atoms with E-state index in [9.17, 15) is 33.6 Å². The van der Waals surface area contributed by atoms with E-state index in [-0.39, 0.29) is 18.9 Å². The molecule has 324 valence electrons. The Hall–Kier alpha value is -1.42. The standard InChI is InChI=1S/C42H79NO11S/c1-3-5-7-9-11-13-15-17-18-20-22-24-26-28-30-32-38(46)43-35(36(45)31-29-27-25-23-21-19-16-14-12-10-8-6-4-2)34-52-42-40(48)41(54-55(49,50)51)39(47)37(33-44)53-42/h17-18,29,31,35-37,39-42,44-45,47-48H,3-16,19-28,30,32-34H2,1-2H3,(H,43,46)(H,49,50,51)/b18-17-,31-29+/t35-,36+,37+,39-,40+,41-,42+/m0/s1. The highest BCUT2D eigenvalue weighted by atomic mass is 32.3. The van der Waals surface area contributed by atoms with Gasteiger partial charge in [0.05, 0.1) is 25.4 Å². The molecule has 1 aliphatic rings. The molecule has 1 aliphatic heterocycles. The van der Waals surface area contributed by atoms with Crippen molar-refractivity contribution in [2.75, 3.05) is 13.2 Å². The van der Waals surface area contributed by atoms with Crippen LogP contribution in [0.1, 0.15) is 181 Å². The summed E-state index contributed by atoms with van der Waals surface area (Å²) in [6.45, 7) is 3.35. The van der Waals surface area contributed by atoms with Crippen molar-refractivity contribution >= 4 is 16.3 Å². The molecule has 0 unspecified atom stereocenters. The number of allylic oxidation sites excluding steroid dienone is 3. The number of nitrogens with one attached hydrogen (secondary N) is 1. The molecule has 1 fully saturated rings. The molecule has 0 aromatic heterocycles. The van der Waals surface area contributed by atoms with Crippen molar-refractivity contribution in [3.05, 3.63) is 24.3 Å². The Kier molecular flexibility index (Phi) is 31.5. The highest BCUT2D eigenvalue weighted by Crippen LogP contribution is 2.26. The number of ether oxygens (including phenoxy) is 2. The molecule has 55 heavy (non-hydrogen) atoms. The Morgan fingerprint density at radius 1 is 0.709 bits per heavy atom. The number of hydrogen-bond acceptors (Lipinski definition) is 10. The largest absolute Gasteiger partial charge is 0.397 e. The molecular weight excluding hydrogens is 727 g/mol. The van der Waals surface area contributed by atoms with E-state index >= 15 is 0 Å². The number of aliphatic hydroxyl groups excluding tert-OH is 4. The lowest BCUT2D eigenvalue weighted by Crippen LogP contribution is -2.61. The number of unbranched alkanes of at least 4 members (excludes halogenated alkanes) is 22. The van der Waals surface area contributed by atoms with Gasteiger partial charge in [0.2, 0.25) is 5.91 Å². The van der Waals surface area contributed by atoms with E-state index in [1.165, 1.54) is 96.3 Å². The van der Waals surface area contributed by atoms with Crippen molar-refractivity contribution in [1.82, 2.24) is 5.32 Å². The summed E-state index contributed by atoms with van der Waals surface area (Å²) in [6, 6.07) is -0.944. The summed E-state index contributed by atoms with van der Waals surface area (Å²) in [5, 5.41) is 44.6. The van der Waals surface area contributed by atoms with Crippen LogP contribution in [0.3, 0.4) is 0 Å². The lowest BCUT2D eigenvalue weighted by molar-refractivity contribution is -0.298. The van der Waals surface area contributed by atoms with Crippen LogP contribution in [0.4, 0.5) is 0 Å². The van der Waals surface area contributed by atoms with Gasteiger partial charge < -0.3 is 35.2 Å². The second kappa shape index (κ2) is 33.5. The first-order valence-corrected chi connectivity index (χ1v) is 23.1. The summed E-state index contributed by atoms with van der Waals surface area (Å²) in [6.07, 6.45) is 27.9. The number of aliphatic hydroxyl groups is 4. The molecule has 7 atom stereocenters. The number of carbonyl (C=O) groups is 1. The van der Waals surface area contributed by atoms with E-state index in [1.54, 1.807) is 6.08 Å². The van der Waals surface area contributed by atoms with Crippen LogP contribution in [0.2, 0.25) is 0 Å². The molecule has 0 saturated carbocycles. The molecule has 0 spiro atoms. The van der Waals surface area contributed by atoms with E-state index in [2.05, 4.69) is 35.5 Å². The summed E-state index contributed by atoms with van der Waals surface area (Å²) >= 11 is 0. The maximum atomic E-state index is 13.0. The van der Waals surface area contributed by atoms with Gasteiger partial charge in [0.15, 0.2) is 6.29 Å². The fourth-order valence-corrected chi connectivity index (χ4v) is 7.31. The van der Waals surface area contributed by atoms with E-state index in [4.69, 9.17) is 14.0 Å². The summed E-state index contributed by atoms with van der Waals surface area (Å²) in [5.41, 5.74) is 0. The third-order valence-corrected chi connectivity index (χ3v) is 10.7. The van der Waals surface area contributed by atoms with Gasteiger partial charge in [-0.1, -0.05) is 154 Å². The predicted molar refractivity (Wildman–Crippen MR) is 218 cm³/mol. The molecule has 12 nitrogen and oxygen atoms in total. The summed E-state index contributed by atoms with van der Waals surface area (Å²) in [4.78, 5) is 13.0. The van der Waals surface area contributed by atoms with Crippen molar-refractivity contribution in [2.45, 2.75) is 224 Å². The van der Waals surface area contributed by atoms with E-state index in [1.807, 2.05) is 6.08 Å². The van der Waals surface area contributed by atoms with Gasteiger partial charge in [-0.3, -0.25) is 9.35 Å². The van der Waals surface area contributed by atoms with Crippen LogP contribution in [0.25, 0.3) is 0 Å².